The van der Waals surface area contributed by atoms with Crippen LogP contribution in [0, 0.1) is 17.3 Å². The number of ether oxygens (including phenoxy) is 1. The minimum Gasteiger partial charge on any atom is -0.381 e. The van der Waals surface area contributed by atoms with Crippen molar-refractivity contribution in [3.05, 3.63) is 0 Å². The van der Waals surface area contributed by atoms with Gasteiger partial charge in [0.25, 0.3) is 0 Å². The first-order valence-corrected chi connectivity index (χ1v) is 8.48. The quantitative estimate of drug-likeness (QED) is 0.624. The van der Waals surface area contributed by atoms with Crippen molar-refractivity contribution < 1.29 is 4.74 Å². The highest BCUT2D eigenvalue weighted by molar-refractivity contribution is 4.89. The van der Waals surface area contributed by atoms with Crippen molar-refractivity contribution in [2.75, 3.05) is 45.9 Å². The minimum atomic E-state index is 0.332. The number of hydrogen-bond donors (Lipinski definition) is 1. The van der Waals surface area contributed by atoms with Crippen LogP contribution >= 0.6 is 0 Å². The molecule has 1 heterocycles. The minimum absolute atomic E-state index is 0.332. The summed E-state index contributed by atoms with van der Waals surface area (Å²) in [7, 11) is 0. The first kappa shape index (κ1) is 17.9. The van der Waals surface area contributed by atoms with E-state index in [1.54, 1.807) is 0 Å². The van der Waals surface area contributed by atoms with Crippen LogP contribution < -0.4 is 5.32 Å². The second-order valence-corrected chi connectivity index (χ2v) is 7.46. The lowest BCUT2D eigenvalue weighted by atomic mass is 9.86. The summed E-state index contributed by atoms with van der Waals surface area (Å²) in [4.78, 5) is 2.66. The van der Waals surface area contributed by atoms with Crippen LogP contribution in [0.4, 0.5) is 0 Å². The van der Waals surface area contributed by atoms with Crippen LogP contribution in [-0.4, -0.2) is 50.8 Å². The zero-order valence-electron chi connectivity index (χ0n) is 14.4. The Hall–Kier alpha value is -0.120. The van der Waals surface area contributed by atoms with E-state index in [-0.39, 0.29) is 0 Å². The molecule has 1 atom stereocenters. The third-order valence-corrected chi connectivity index (χ3v) is 3.92. The maximum atomic E-state index is 5.74. The van der Waals surface area contributed by atoms with Crippen LogP contribution in [0.15, 0.2) is 0 Å². The first-order chi connectivity index (χ1) is 9.47. The van der Waals surface area contributed by atoms with Gasteiger partial charge in [-0.15, -0.1) is 0 Å². The topological polar surface area (TPSA) is 24.5 Å². The van der Waals surface area contributed by atoms with Gasteiger partial charge in [-0.2, -0.15) is 0 Å². The second kappa shape index (κ2) is 9.01. The predicted octanol–water partition coefficient (Wildman–Crippen LogP) is 3.01. The van der Waals surface area contributed by atoms with Gasteiger partial charge in [-0.3, -0.25) is 0 Å². The number of hydrogen-bond acceptors (Lipinski definition) is 3. The third-order valence-electron chi connectivity index (χ3n) is 3.92. The Morgan fingerprint density at radius 1 is 1.15 bits per heavy atom. The van der Waals surface area contributed by atoms with Crippen LogP contribution in [0.2, 0.25) is 0 Å². The molecule has 1 N–H and O–H groups in total. The zero-order valence-corrected chi connectivity index (χ0v) is 14.4. The van der Waals surface area contributed by atoms with Gasteiger partial charge in [0, 0.05) is 38.2 Å². The largest absolute Gasteiger partial charge is 0.381 e. The van der Waals surface area contributed by atoms with E-state index in [0.717, 1.165) is 38.1 Å². The molecule has 0 saturated carbocycles. The van der Waals surface area contributed by atoms with Crippen molar-refractivity contribution in [2.24, 2.45) is 17.3 Å². The van der Waals surface area contributed by atoms with E-state index in [2.05, 4.69) is 44.8 Å². The van der Waals surface area contributed by atoms with Crippen molar-refractivity contribution in [1.82, 2.24) is 10.2 Å². The highest BCUT2D eigenvalue weighted by Crippen LogP contribution is 2.29. The van der Waals surface area contributed by atoms with Crippen LogP contribution in [-0.2, 0) is 4.74 Å². The Morgan fingerprint density at radius 3 is 2.25 bits per heavy atom. The third kappa shape index (κ3) is 6.55. The molecule has 1 aliphatic heterocycles. The van der Waals surface area contributed by atoms with Crippen LogP contribution in [0.3, 0.4) is 0 Å². The monoisotopic (exact) mass is 284 g/mol. The van der Waals surface area contributed by atoms with Gasteiger partial charge in [-0.05, 0) is 31.2 Å². The molecule has 0 amide bonds. The first-order valence-electron chi connectivity index (χ1n) is 8.48. The lowest BCUT2D eigenvalue weighted by Gasteiger charge is -2.36. The van der Waals surface area contributed by atoms with Gasteiger partial charge in [0.05, 0.1) is 6.61 Å². The number of nitrogens with one attached hydrogen (secondary N) is 1. The molecule has 120 valence electrons. The fourth-order valence-electron chi connectivity index (χ4n) is 3.21. The molecule has 1 rings (SSSR count). The van der Waals surface area contributed by atoms with Crippen molar-refractivity contribution in [2.45, 2.75) is 47.5 Å². The molecule has 0 radical (unpaired) electrons. The van der Waals surface area contributed by atoms with Gasteiger partial charge >= 0.3 is 0 Å². The second-order valence-electron chi connectivity index (χ2n) is 7.46. The normalized spacial score (nSPS) is 23.4. The van der Waals surface area contributed by atoms with Crippen molar-refractivity contribution in [1.29, 1.82) is 0 Å². The molecular formula is C17H36N2O. The molecular weight excluding hydrogens is 248 g/mol. The van der Waals surface area contributed by atoms with Gasteiger partial charge in [-0.25, -0.2) is 0 Å². The molecule has 3 heteroatoms. The molecule has 0 bridgehead atoms. The molecule has 0 spiro atoms. The number of rotatable bonds is 10. The van der Waals surface area contributed by atoms with Gasteiger partial charge in [0.15, 0.2) is 0 Å². The average molecular weight is 284 g/mol. The molecule has 0 aliphatic carbocycles. The summed E-state index contributed by atoms with van der Waals surface area (Å²) in [5.74, 6) is 1.47. The zero-order chi connectivity index (χ0) is 15.0. The Bertz CT molecular complexity index is 237. The fourth-order valence-corrected chi connectivity index (χ4v) is 3.21. The number of nitrogens with zero attached hydrogens (tertiary/aromatic N) is 1. The highest BCUT2D eigenvalue weighted by Gasteiger charge is 2.36. The Balaban J connectivity index is 2.59. The molecule has 0 aromatic rings. The molecule has 0 aromatic heterocycles. The maximum absolute atomic E-state index is 5.74. The summed E-state index contributed by atoms with van der Waals surface area (Å²) in [5, 5.41) is 3.62. The predicted molar refractivity (Wildman–Crippen MR) is 87.1 cm³/mol. The van der Waals surface area contributed by atoms with E-state index in [1.165, 1.54) is 32.5 Å². The van der Waals surface area contributed by atoms with Gasteiger partial charge in [-0.1, -0.05) is 34.6 Å². The molecule has 3 nitrogen and oxygen atoms in total. The molecule has 1 unspecified atom stereocenters. The smallest absolute Gasteiger partial charge is 0.0547 e. The van der Waals surface area contributed by atoms with E-state index in [1.807, 2.05) is 0 Å². The fraction of sp³-hybridized carbons (Fsp3) is 1.00. The van der Waals surface area contributed by atoms with E-state index in [4.69, 9.17) is 4.74 Å². The van der Waals surface area contributed by atoms with Crippen LogP contribution in [0.25, 0.3) is 0 Å². The van der Waals surface area contributed by atoms with E-state index in [9.17, 15) is 0 Å². The Labute approximate surface area is 126 Å². The average Bonchev–Trinajstić information content (AvgIpc) is 2.76. The Morgan fingerprint density at radius 2 is 1.80 bits per heavy atom. The summed E-state index contributed by atoms with van der Waals surface area (Å²) >= 11 is 0. The lowest BCUT2D eigenvalue weighted by Crippen LogP contribution is -2.46. The van der Waals surface area contributed by atoms with Crippen molar-refractivity contribution >= 4 is 0 Å². The summed E-state index contributed by atoms with van der Waals surface area (Å²) in [6, 6.07) is 0. The van der Waals surface area contributed by atoms with Crippen molar-refractivity contribution in [3.8, 4) is 0 Å². The van der Waals surface area contributed by atoms with Gasteiger partial charge < -0.3 is 15.0 Å². The van der Waals surface area contributed by atoms with Crippen LogP contribution in [0.1, 0.15) is 47.5 Å². The Kier molecular flexibility index (Phi) is 8.08. The summed E-state index contributed by atoms with van der Waals surface area (Å²) < 4.78 is 5.74. The van der Waals surface area contributed by atoms with Crippen molar-refractivity contribution in [3.63, 3.8) is 0 Å². The van der Waals surface area contributed by atoms with Gasteiger partial charge in [0.2, 0.25) is 0 Å². The highest BCUT2D eigenvalue weighted by atomic mass is 16.5. The van der Waals surface area contributed by atoms with Crippen LogP contribution in [0.5, 0.6) is 0 Å². The molecule has 1 fully saturated rings. The standard InChI is InChI=1S/C17H36N2O/c1-6-8-18-12-17(7-9-20-14-17)13-19(10-15(2)3)11-16(4)5/h15-16,18H,6-14H2,1-5H3. The van der Waals surface area contributed by atoms with E-state index < -0.39 is 0 Å². The molecule has 1 aliphatic rings. The maximum Gasteiger partial charge on any atom is 0.0547 e. The van der Waals surface area contributed by atoms with E-state index in [0.29, 0.717) is 5.41 Å². The summed E-state index contributed by atoms with van der Waals surface area (Å²) in [6.07, 6.45) is 2.41. The molecule has 1 saturated heterocycles. The van der Waals surface area contributed by atoms with Gasteiger partial charge in [0.1, 0.15) is 0 Å². The lowest BCUT2D eigenvalue weighted by molar-refractivity contribution is 0.0957. The molecule has 0 aromatic carbocycles. The molecule has 20 heavy (non-hydrogen) atoms. The summed E-state index contributed by atoms with van der Waals surface area (Å²) in [6.45, 7) is 19.2. The summed E-state index contributed by atoms with van der Waals surface area (Å²) in [5.41, 5.74) is 0.332. The van der Waals surface area contributed by atoms with E-state index >= 15 is 0 Å². The SMILES string of the molecule is CCCNCC1(CN(CC(C)C)CC(C)C)CCOC1.